The lowest BCUT2D eigenvalue weighted by Gasteiger charge is -2.24. The Labute approximate surface area is 186 Å². The summed E-state index contributed by atoms with van der Waals surface area (Å²) in [5.74, 6) is 0.721. The maximum atomic E-state index is 13.0. The number of amides is 2. The number of hydrogen-bond acceptors (Lipinski definition) is 5. The van der Waals surface area contributed by atoms with Gasteiger partial charge in [-0.05, 0) is 66.4 Å². The second-order valence-electron chi connectivity index (χ2n) is 7.34. The maximum Gasteiger partial charge on any atom is 0.265 e. The van der Waals surface area contributed by atoms with E-state index in [0.29, 0.717) is 22.7 Å². The van der Waals surface area contributed by atoms with Crippen LogP contribution in [0.5, 0.6) is 5.75 Å². The van der Waals surface area contributed by atoms with Gasteiger partial charge in [0.05, 0.1) is 12.0 Å². The third-order valence-electron chi connectivity index (χ3n) is 5.36. The Morgan fingerprint density at radius 3 is 2.39 bits per heavy atom. The van der Waals surface area contributed by atoms with Crippen molar-refractivity contribution in [3.63, 3.8) is 0 Å². The summed E-state index contributed by atoms with van der Waals surface area (Å²) in [6, 6.07) is 18.8. The van der Waals surface area contributed by atoms with E-state index >= 15 is 0 Å². The summed E-state index contributed by atoms with van der Waals surface area (Å²) in [5, 5.41) is 4.73. The van der Waals surface area contributed by atoms with Crippen LogP contribution in [0.15, 0.2) is 66.0 Å². The van der Waals surface area contributed by atoms with Gasteiger partial charge in [-0.15, -0.1) is 11.3 Å². The highest BCUT2D eigenvalue weighted by atomic mass is 32.1. The third kappa shape index (κ3) is 5.06. The van der Waals surface area contributed by atoms with Crippen LogP contribution in [0.1, 0.15) is 26.5 Å². The molecule has 7 heteroatoms. The summed E-state index contributed by atoms with van der Waals surface area (Å²) >= 11 is 1.40. The average Bonchev–Trinajstić information content (AvgIpc) is 3.24. The molecule has 0 radical (unpaired) electrons. The molecule has 1 N–H and O–H groups in total. The van der Waals surface area contributed by atoms with E-state index in [9.17, 15) is 9.59 Å². The van der Waals surface area contributed by atoms with E-state index in [4.69, 9.17) is 4.74 Å². The number of ether oxygens (including phenoxy) is 1. The fourth-order valence-electron chi connectivity index (χ4n) is 3.65. The lowest BCUT2D eigenvalue weighted by molar-refractivity contribution is 0.0767. The molecule has 1 aliphatic rings. The summed E-state index contributed by atoms with van der Waals surface area (Å²) < 4.78 is 5.23. The molecule has 0 spiro atoms. The van der Waals surface area contributed by atoms with Crippen LogP contribution in [0.25, 0.3) is 0 Å². The van der Waals surface area contributed by atoms with Gasteiger partial charge >= 0.3 is 0 Å². The maximum absolute atomic E-state index is 13.0. The smallest absolute Gasteiger partial charge is 0.265 e. The second-order valence-corrected chi connectivity index (χ2v) is 8.29. The molecule has 31 heavy (non-hydrogen) atoms. The third-order valence-corrected chi connectivity index (χ3v) is 6.22. The van der Waals surface area contributed by atoms with Crippen LogP contribution in [0.4, 0.5) is 11.4 Å². The van der Waals surface area contributed by atoms with Gasteiger partial charge in [-0.2, -0.15) is 0 Å². The van der Waals surface area contributed by atoms with Gasteiger partial charge in [0.15, 0.2) is 0 Å². The highest BCUT2D eigenvalue weighted by molar-refractivity contribution is 7.12. The minimum absolute atomic E-state index is 0.0210. The quantitative estimate of drug-likeness (QED) is 0.647. The molecule has 0 atom stereocenters. The fraction of sp³-hybridized carbons (Fsp3) is 0.250. The molecule has 0 bridgehead atoms. The molecular formula is C24H25N3O3S. The molecular weight excluding hydrogens is 410 g/mol. The van der Waals surface area contributed by atoms with Crippen LogP contribution >= 0.6 is 11.3 Å². The van der Waals surface area contributed by atoms with Crippen molar-refractivity contribution in [3.8, 4) is 5.75 Å². The molecule has 2 amide bonds. The number of benzene rings is 2. The molecule has 1 aromatic heterocycles. The van der Waals surface area contributed by atoms with Gasteiger partial charge in [-0.1, -0.05) is 6.07 Å². The van der Waals surface area contributed by atoms with E-state index in [-0.39, 0.29) is 11.8 Å². The van der Waals surface area contributed by atoms with E-state index in [2.05, 4.69) is 22.3 Å². The zero-order chi connectivity index (χ0) is 21.6. The van der Waals surface area contributed by atoms with Gasteiger partial charge in [0.2, 0.25) is 0 Å². The first kappa shape index (κ1) is 20.9. The largest absolute Gasteiger partial charge is 0.497 e. The highest BCUT2D eigenvalue weighted by Crippen LogP contribution is 2.21. The van der Waals surface area contributed by atoms with Crippen LogP contribution in [-0.4, -0.2) is 50.0 Å². The molecule has 4 rings (SSSR count). The molecule has 160 valence electrons. The van der Waals surface area contributed by atoms with Crippen molar-refractivity contribution in [1.82, 2.24) is 4.90 Å². The van der Waals surface area contributed by atoms with Crippen LogP contribution < -0.4 is 15.0 Å². The predicted octanol–water partition coefficient (Wildman–Crippen LogP) is 4.36. The molecule has 1 aliphatic heterocycles. The molecule has 2 aromatic carbocycles. The summed E-state index contributed by atoms with van der Waals surface area (Å²) in [4.78, 5) is 30.0. The predicted molar refractivity (Wildman–Crippen MR) is 124 cm³/mol. The number of carbonyl (C=O) groups is 2. The van der Waals surface area contributed by atoms with Crippen LogP contribution in [0.3, 0.4) is 0 Å². The normalized spacial score (nSPS) is 14.1. The number of rotatable bonds is 5. The summed E-state index contributed by atoms with van der Waals surface area (Å²) in [6.07, 6.45) is 0.909. The molecule has 6 nitrogen and oxygen atoms in total. The minimum Gasteiger partial charge on any atom is -0.497 e. The van der Waals surface area contributed by atoms with Gasteiger partial charge in [0.1, 0.15) is 5.75 Å². The number of thiophene rings is 1. The Hall–Kier alpha value is -3.32. The molecule has 1 saturated heterocycles. The molecule has 3 aromatic rings. The number of nitrogens with zero attached hydrogens (tertiary/aromatic N) is 2. The number of nitrogens with one attached hydrogen (secondary N) is 1. The summed E-state index contributed by atoms with van der Waals surface area (Å²) in [6.45, 7) is 3.08. The molecule has 0 saturated carbocycles. The van der Waals surface area contributed by atoms with Crippen LogP contribution in [-0.2, 0) is 0 Å². The van der Waals surface area contributed by atoms with Gasteiger partial charge in [-0.3, -0.25) is 9.59 Å². The van der Waals surface area contributed by atoms with E-state index in [1.807, 2.05) is 28.5 Å². The van der Waals surface area contributed by atoms with Crippen LogP contribution in [0.2, 0.25) is 0 Å². The SMILES string of the molecule is COc1ccc(N2CCCN(C(=O)c3ccc(NC(=O)c4cccs4)cc3)CC2)cc1. The molecule has 0 unspecified atom stereocenters. The van der Waals surface area contributed by atoms with E-state index in [1.165, 1.54) is 11.3 Å². The van der Waals surface area contributed by atoms with Crippen molar-refractivity contribution >= 4 is 34.5 Å². The van der Waals surface area contributed by atoms with Crippen molar-refractivity contribution in [2.24, 2.45) is 0 Å². The zero-order valence-electron chi connectivity index (χ0n) is 17.4. The first-order valence-electron chi connectivity index (χ1n) is 10.3. The Morgan fingerprint density at radius 2 is 1.71 bits per heavy atom. The van der Waals surface area contributed by atoms with Gasteiger partial charge in [0, 0.05) is 43.1 Å². The number of carbonyl (C=O) groups excluding carboxylic acids is 2. The first-order valence-corrected chi connectivity index (χ1v) is 11.2. The Kier molecular flexibility index (Phi) is 6.52. The average molecular weight is 436 g/mol. The Bertz CT molecular complexity index is 1020. The fourth-order valence-corrected chi connectivity index (χ4v) is 4.27. The topological polar surface area (TPSA) is 61.9 Å². The van der Waals surface area contributed by atoms with Crippen LogP contribution in [0, 0.1) is 0 Å². The van der Waals surface area contributed by atoms with Crippen molar-refractivity contribution in [1.29, 1.82) is 0 Å². The summed E-state index contributed by atoms with van der Waals surface area (Å²) in [7, 11) is 1.66. The number of anilines is 2. The van der Waals surface area contributed by atoms with E-state index in [1.54, 1.807) is 37.4 Å². The van der Waals surface area contributed by atoms with E-state index < -0.39 is 0 Å². The standard InChI is InChI=1S/C24H25N3O3S/c1-30-21-11-9-20(10-12-21)26-13-3-14-27(16-15-26)24(29)18-5-7-19(8-6-18)25-23(28)22-4-2-17-31-22/h2,4-12,17H,3,13-16H2,1H3,(H,25,28). The number of methoxy groups -OCH3 is 1. The second kappa shape index (κ2) is 9.66. The first-order chi connectivity index (χ1) is 15.1. The van der Waals surface area contributed by atoms with Gasteiger partial charge in [-0.25, -0.2) is 0 Å². The van der Waals surface area contributed by atoms with Gasteiger partial charge < -0.3 is 19.9 Å². The molecule has 1 fully saturated rings. The summed E-state index contributed by atoms with van der Waals surface area (Å²) in [5.41, 5.74) is 2.45. The molecule has 0 aliphatic carbocycles. The van der Waals surface area contributed by atoms with Crippen molar-refractivity contribution in [2.45, 2.75) is 6.42 Å². The lowest BCUT2D eigenvalue weighted by atomic mass is 10.1. The Morgan fingerprint density at radius 1 is 0.935 bits per heavy atom. The zero-order valence-corrected chi connectivity index (χ0v) is 18.2. The minimum atomic E-state index is -0.139. The monoisotopic (exact) mass is 435 g/mol. The van der Waals surface area contributed by atoms with Crippen molar-refractivity contribution < 1.29 is 14.3 Å². The van der Waals surface area contributed by atoms with Crippen molar-refractivity contribution in [3.05, 3.63) is 76.5 Å². The lowest BCUT2D eigenvalue weighted by Crippen LogP contribution is -2.35. The highest BCUT2D eigenvalue weighted by Gasteiger charge is 2.20. The number of hydrogen-bond donors (Lipinski definition) is 1. The molecule has 2 heterocycles. The van der Waals surface area contributed by atoms with E-state index in [0.717, 1.165) is 37.5 Å². The van der Waals surface area contributed by atoms with Crippen molar-refractivity contribution in [2.75, 3.05) is 43.5 Å². The Balaban J connectivity index is 1.36. The van der Waals surface area contributed by atoms with Gasteiger partial charge in [0.25, 0.3) is 11.8 Å².